The molecule has 3 aromatic rings. The number of thiazole rings is 1. The number of methoxy groups -OCH3 is 1. The predicted molar refractivity (Wildman–Crippen MR) is 129 cm³/mol. The Labute approximate surface area is 200 Å². The summed E-state index contributed by atoms with van der Waals surface area (Å²) in [6.45, 7) is 4.80. The lowest BCUT2D eigenvalue weighted by Gasteiger charge is -2.26. The lowest BCUT2D eigenvalue weighted by Crippen LogP contribution is -2.40. The van der Waals surface area contributed by atoms with Gasteiger partial charge < -0.3 is 18.8 Å². The van der Waals surface area contributed by atoms with Crippen molar-refractivity contribution < 1.29 is 18.7 Å². The van der Waals surface area contributed by atoms with Gasteiger partial charge in [0, 0.05) is 25.2 Å². The first-order chi connectivity index (χ1) is 16.6. The molecule has 0 bridgehead atoms. The summed E-state index contributed by atoms with van der Waals surface area (Å²) >= 11 is 1.29. The van der Waals surface area contributed by atoms with E-state index in [9.17, 15) is 9.59 Å². The van der Waals surface area contributed by atoms with Gasteiger partial charge in [-0.05, 0) is 18.1 Å². The number of morpholine rings is 1. The van der Waals surface area contributed by atoms with Gasteiger partial charge in [-0.2, -0.15) is 0 Å². The predicted octanol–water partition coefficient (Wildman–Crippen LogP) is 2.23. The zero-order valence-electron chi connectivity index (χ0n) is 19.0. The Morgan fingerprint density at radius 3 is 2.68 bits per heavy atom. The molecule has 5 rings (SSSR count). The van der Waals surface area contributed by atoms with Gasteiger partial charge >= 0.3 is 5.97 Å². The molecular formula is C25H25N3O5S. The van der Waals surface area contributed by atoms with Crippen LogP contribution in [0.3, 0.4) is 0 Å². The zero-order chi connectivity index (χ0) is 23.7. The number of hydrogen-bond acceptors (Lipinski definition) is 8. The Morgan fingerprint density at radius 1 is 1.21 bits per heavy atom. The average molecular weight is 480 g/mol. The molecule has 176 valence electrons. The third kappa shape index (κ3) is 4.01. The molecule has 0 unspecified atom stereocenters. The van der Waals surface area contributed by atoms with E-state index in [1.54, 1.807) is 10.6 Å². The van der Waals surface area contributed by atoms with Gasteiger partial charge in [0.05, 0.1) is 42.2 Å². The van der Waals surface area contributed by atoms with Crippen LogP contribution in [0.5, 0.6) is 0 Å². The van der Waals surface area contributed by atoms with Gasteiger partial charge in [-0.1, -0.05) is 48.6 Å². The van der Waals surface area contributed by atoms with E-state index in [-0.39, 0.29) is 5.56 Å². The van der Waals surface area contributed by atoms with Crippen molar-refractivity contribution in [1.29, 1.82) is 0 Å². The lowest BCUT2D eigenvalue weighted by molar-refractivity contribution is -0.136. The smallest absolute Gasteiger partial charge is 0.338 e. The first-order valence-electron chi connectivity index (χ1n) is 11.2. The highest BCUT2D eigenvalue weighted by Gasteiger charge is 2.33. The number of benzene rings is 1. The molecule has 0 N–H and O–H groups in total. The molecule has 34 heavy (non-hydrogen) atoms. The van der Waals surface area contributed by atoms with Crippen molar-refractivity contribution in [2.45, 2.75) is 19.4 Å². The largest absolute Gasteiger partial charge is 0.466 e. The molecule has 8 nitrogen and oxygen atoms in total. The number of esters is 1. The molecule has 0 aliphatic carbocycles. The molecule has 1 aromatic carbocycles. The molecular weight excluding hydrogens is 454 g/mol. The van der Waals surface area contributed by atoms with Crippen molar-refractivity contribution in [2.75, 3.05) is 38.3 Å². The highest BCUT2D eigenvalue weighted by molar-refractivity contribution is 7.07. The molecule has 2 aliphatic rings. The number of hydrogen-bond donors (Lipinski definition) is 0. The van der Waals surface area contributed by atoms with Crippen LogP contribution in [0.15, 0.2) is 67.9 Å². The molecule has 0 radical (unpaired) electrons. The van der Waals surface area contributed by atoms with Crippen LogP contribution in [0.1, 0.15) is 30.7 Å². The van der Waals surface area contributed by atoms with E-state index in [2.05, 4.69) is 9.89 Å². The minimum absolute atomic E-state index is 0.224. The maximum atomic E-state index is 13.6. The molecule has 2 aliphatic heterocycles. The summed E-state index contributed by atoms with van der Waals surface area (Å²) in [7, 11) is 1.35. The Kier molecular flexibility index (Phi) is 6.21. The number of carbonyl (C=O) groups is 1. The molecule has 1 saturated heterocycles. The Balaban J connectivity index is 1.63. The lowest BCUT2D eigenvalue weighted by atomic mass is 9.95. The van der Waals surface area contributed by atoms with Crippen molar-refractivity contribution in [2.24, 2.45) is 4.99 Å². The van der Waals surface area contributed by atoms with Crippen LogP contribution < -0.4 is 19.8 Å². The third-order valence-electron chi connectivity index (χ3n) is 5.97. The van der Waals surface area contributed by atoms with Crippen LogP contribution in [0.4, 0.5) is 5.88 Å². The van der Waals surface area contributed by atoms with Crippen LogP contribution in [0, 0.1) is 0 Å². The van der Waals surface area contributed by atoms with Gasteiger partial charge in [-0.3, -0.25) is 9.36 Å². The van der Waals surface area contributed by atoms with Gasteiger partial charge in [-0.25, -0.2) is 9.79 Å². The SMILES string of the molecule is CCC1=C(C(=O)OC)[C@@H](c2ccccc2)n2c(s/c(=C\c3ccc(N4CCOCC4)o3)c2=O)=N1. The van der Waals surface area contributed by atoms with Crippen molar-refractivity contribution in [3.8, 4) is 0 Å². The molecule has 0 amide bonds. The first-order valence-corrected chi connectivity index (χ1v) is 12.0. The van der Waals surface area contributed by atoms with E-state index in [1.807, 2.05) is 49.4 Å². The highest BCUT2D eigenvalue weighted by atomic mass is 32.1. The highest BCUT2D eigenvalue weighted by Crippen LogP contribution is 2.31. The van der Waals surface area contributed by atoms with Gasteiger partial charge in [-0.15, -0.1) is 0 Å². The minimum atomic E-state index is -0.609. The molecule has 9 heteroatoms. The van der Waals surface area contributed by atoms with Crippen LogP contribution in [0.2, 0.25) is 0 Å². The van der Waals surface area contributed by atoms with Crippen molar-refractivity contribution in [1.82, 2.24) is 4.57 Å². The number of furan rings is 1. The number of anilines is 1. The summed E-state index contributed by atoms with van der Waals surface area (Å²) in [5, 5.41) is 0. The number of allylic oxidation sites excluding steroid dienone is 1. The number of ether oxygens (including phenoxy) is 2. The summed E-state index contributed by atoms with van der Waals surface area (Å²) in [5.41, 5.74) is 1.62. The van der Waals surface area contributed by atoms with Crippen LogP contribution in [-0.4, -0.2) is 43.9 Å². The van der Waals surface area contributed by atoms with E-state index < -0.39 is 12.0 Å². The molecule has 2 aromatic heterocycles. The minimum Gasteiger partial charge on any atom is -0.466 e. The van der Waals surface area contributed by atoms with Crippen LogP contribution in [-0.2, 0) is 14.3 Å². The second-order valence-electron chi connectivity index (χ2n) is 7.97. The summed E-state index contributed by atoms with van der Waals surface area (Å²) in [5.74, 6) is 0.863. The fourth-order valence-electron chi connectivity index (χ4n) is 4.32. The van der Waals surface area contributed by atoms with Crippen molar-refractivity contribution in [3.63, 3.8) is 0 Å². The normalized spacial score (nSPS) is 18.6. The number of aromatic nitrogens is 1. The molecule has 1 fully saturated rings. The second-order valence-corrected chi connectivity index (χ2v) is 8.98. The topological polar surface area (TPSA) is 86.3 Å². The van der Waals surface area contributed by atoms with Gasteiger partial charge in [0.2, 0.25) is 0 Å². The Morgan fingerprint density at radius 2 is 1.97 bits per heavy atom. The van der Waals surface area contributed by atoms with Gasteiger partial charge in [0.15, 0.2) is 10.7 Å². The molecule has 0 spiro atoms. The van der Waals surface area contributed by atoms with Gasteiger partial charge in [0.1, 0.15) is 5.76 Å². The first kappa shape index (κ1) is 22.4. The number of fused-ring (bicyclic) bond motifs is 1. The monoisotopic (exact) mass is 479 g/mol. The van der Waals surface area contributed by atoms with Crippen LogP contribution >= 0.6 is 11.3 Å². The maximum Gasteiger partial charge on any atom is 0.338 e. The second kappa shape index (κ2) is 9.44. The third-order valence-corrected chi connectivity index (χ3v) is 6.96. The van der Waals surface area contributed by atoms with E-state index in [1.165, 1.54) is 18.4 Å². The summed E-state index contributed by atoms with van der Waals surface area (Å²) in [6.07, 6.45) is 2.28. The Bertz CT molecular complexity index is 1410. The van der Waals surface area contributed by atoms with Gasteiger partial charge in [0.25, 0.3) is 5.56 Å². The summed E-state index contributed by atoms with van der Waals surface area (Å²) < 4.78 is 18.6. The quantitative estimate of drug-likeness (QED) is 0.522. The average Bonchev–Trinajstić information content (AvgIpc) is 3.48. The van der Waals surface area contributed by atoms with Crippen molar-refractivity contribution >= 4 is 29.3 Å². The molecule has 1 atom stereocenters. The number of rotatable bonds is 5. The maximum absolute atomic E-state index is 13.6. The number of nitrogens with zero attached hydrogens (tertiary/aromatic N) is 3. The van der Waals surface area contributed by atoms with Crippen LogP contribution in [0.25, 0.3) is 6.08 Å². The van der Waals surface area contributed by atoms with Crippen molar-refractivity contribution in [3.05, 3.63) is 84.7 Å². The van der Waals surface area contributed by atoms with E-state index in [0.717, 1.165) is 24.5 Å². The number of carbonyl (C=O) groups excluding carboxylic acids is 1. The fraction of sp³-hybridized carbons (Fsp3) is 0.320. The summed E-state index contributed by atoms with van der Waals surface area (Å²) in [4.78, 5) is 33.8. The Hall–Kier alpha value is -3.43. The molecule has 4 heterocycles. The summed E-state index contributed by atoms with van der Waals surface area (Å²) in [6, 6.07) is 12.7. The van der Waals surface area contributed by atoms with E-state index in [4.69, 9.17) is 13.9 Å². The zero-order valence-corrected chi connectivity index (χ0v) is 19.8. The van der Waals surface area contributed by atoms with E-state index >= 15 is 0 Å². The van der Waals surface area contributed by atoms with E-state index in [0.29, 0.717) is 46.0 Å². The molecule has 0 saturated carbocycles. The fourth-order valence-corrected chi connectivity index (χ4v) is 5.32. The standard InChI is InChI=1S/C25H25N3O5S/c1-3-18-21(24(30)31-2)22(16-7-5-4-6-8-16)28-23(29)19(34-25(28)26-18)15-17-9-10-20(33-17)27-11-13-32-14-12-27/h4-10,15,22H,3,11-14H2,1-2H3/b19-15-/t22-/m1/s1.